The van der Waals surface area contributed by atoms with E-state index in [2.05, 4.69) is 20.1 Å². The van der Waals surface area contributed by atoms with Gasteiger partial charge in [0.15, 0.2) is 0 Å². The summed E-state index contributed by atoms with van der Waals surface area (Å²) in [6.45, 7) is 3.73. The van der Waals surface area contributed by atoms with Crippen LogP contribution in [0.1, 0.15) is 37.4 Å². The lowest BCUT2D eigenvalue weighted by molar-refractivity contribution is -0.209. The van der Waals surface area contributed by atoms with E-state index in [1.807, 2.05) is 4.57 Å². The number of ether oxygens (including phenoxy) is 1. The molecule has 4 aromatic rings. The standard InChI is InChI=1S/C29H24F6N6O4/c1-26(2)22-23(42)40(24(43)27(22,26)45-25(44)29(33,34)35)11-14-7-19-20(37-13-38-41(19)12-14)18-9-16(28(30,31)32)8-15-4-6-39(21(15)18)17-3-5-36-10-17/h4,6-9,12-13,17,22,36H,3,5,10-11H2,1-2H3. The van der Waals surface area contributed by atoms with Gasteiger partial charge in [0.05, 0.1) is 34.8 Å². The van der Waals surface area contributed by atoms with E-state index in [0.717, 1.165) is 36.3 Å². The molecular weight excluding hydrogens is 610 g/mol. The van der Waals surface area contributed by atoms with Crippen LogP contribution in [0.4, 0.5) is 26.3 Å². The minimum Gasteiger partial charge on any atom is -0.441 e. The Bertz CT molecular complexity index is 1920. The van der Waals surface area contributed by atoms with Crippen molar-refractivity contribution in [2.24, 2.45) is 11.3 Å². The van der Waals surface area contributed by atoms with Crippen LogP contribution in [-0.2, 0) is 31.8 Å². The summed E-state index contributed by atoms with van der Waals surface area (Å²) in [6.07, 6.45) is -4.89. The molecule has 2 amide bonds. The second kappa shape index (κ2) is 9.28. The van der Waals surface area contributed by atoms with Gasteiger partial charge in [-0.25, -0.2) is 14.3 Å². The highest BCUT2D eigenvalue weighted by Gasteiger charge is 2.88. The molecule has 3 unspecified atom stereocenters. The number of nitrogens with one attached hydrogen (secondary N) is 1. The van der Waals surface area contributed by atoms with E-state index < -0.39 is 59.2 Å². The highest BCUT2D eigenvalue weighted by molar-refractivity contribution is 6.16. The molecule has 3 fully saturated rings. The molecule has 0 spiro atoms. The monoisotopic (exact) mass is 634 g/mol. The van der Waals surface area contributed by atoms with Crippen LogP contribution in [0.2, 0.25) is 0 Å². The Labute approximate surface area is 249 Å². The Morgan fingerprint density at radius 3 is 2.56 bits per heavy atom. The molecule has 1 aromatic carbocycles. The number of imide groups is 1. The van der Waals surface area contributed by atoms with Crippen LogP contribution in [0.25, 0.3) is 27.7 Å². The van der Waals surface area contributed by atoms with Gasteiger partial charge in [0.1, 0.15) is 6.33 Å². The lowest BCUT2D eigenvalue weighted by Crippen LogP contribution is -2.45. The molecule has 3 aromatic heterocycles. The first kappa shape index (κ1) is 29.3. The molecule has 7 rings (SSSR count). The van der Waals surface area contributed by atoms with Gasteiger partial charge < -0.3 is 14.6 Å². The number of carbonyl (C=O) groups is 3. The SMILES string of the molecule is CC1(C)C2C(=O)N(Cc3cc4c(-c5cc(C(F)(F)F)cc6ccn(C7CCNC7)c56)ncnn4c3)C(=O)C21OC(=O)C(F)(F)F. The molecule has 3 atom stereocenters. The molecule has 5 heterocycles. The quantitative estimate of drug-likeness (QED) is 0.198. The highest BCUT2D eigenvalue weighted by Crippen LogP contribution is 2.69. The van der Waals surface area contributed by atoms with Crippen molar-refractivity contribution >= 4 is 34.2 Å². The third-order valence-corrected chi connectivity index (χ3v) is 9.19. The smallest absolute Gasteiger partial charge is 0.441 e. The molecule has 1 N–H and O–H groups in total. The van der Waals surface area contributed by atoms with Crippen LogP contribution in [-0.4, -0.2) is 66.7 Å². The van der Waals surface area contributed by atoms with Crippen molar-refractivity contribution in [2.45, 2.75) is 50.8 Å². The van der Waals surface area contributed by atoms with E-state index >= 15 is 0 Å². The number of hydrogen-bond acceptors (Lipinski definition) is 7. The number of alkyl halides is 6. The molecule has 16 heteroatoms. The van der Waals surface area contributed by atoms with E-state index in [0.29, 0.717) is 23.0 Å². The molecule has 0 radical (unpaired) electrons. The van der Waals surface area contributed by atoms with Crippen molar-refractivity contribution in [1.29, 1.82) is 0 Å². The number of hydrogen-bond donors (Lipinski definition) is 1. The normalized spacial score (nSPS) is 24.6. The molecular formula is C29H24F6N6O4. The van der Waals surface area contributed by atoms with Crippen LogP contribution in [0, 0.1) is 11.3 Å². The van der Waals surface area contributed by atoms with Crippen LogP contribution in [0.15, 0.2) is 43.0 Å². The Kier molecular flexibility index (Phi) is 6.03. The Morgan fingerprint density at radius 2 is 1.89 bits per heavy atom. The van der Waals surface area contributed by atoms with E-state index in [4.69, 9.17) is 0 Å². The fourth-order valence-electron chi connectivity index (χ4n) is 6.94. The second-order valence-electron chi connectivity index (χ2n) is 12.1. The van der Waals surface area contributed by atoms with Gasteiger partial charge in [-0.05, 0) is 42.8 Å². The fourth-order valence-corrected chi connectivity index (χ4v) is 6.94. The molecule has 1 aliphatic carbocycles. The van der Waals surface area contributed by atoms with Gasteiger partial charge in [0.25, 0.3) is 5.91 Å². The van der Waals surface area contributed by atoms with Gasteiger partial charge in [0.2, 0.25) is 11.5 Å². The topological polar surface area (TPSA) is 111 Å². The predicted molar refractivity (Wildman–Crippen MR) is 143 cm³/mol. The summed E-state index contributed by atoms with van der Waals surface area (Å²) < 4.78 is 88.9. The zero-order chi connectivity index (χ0) is 32.3. The molecule has 236 valence electrons. The molecule has 10 nitrogen and oxygen atoms in total. The minimum atomic E-state index is -5.37. The van der Waals surface area contributed by atoms with Crippen molar-refractivity contribution in [3.63, 3.8) is 0 Å². The Hall–Kier alpha value is -4.47. The number of nitrogens with zero attached hydrogens (tertiary/aromatic N) is 5. The first-order valence-corrected chi connectivity index (χ1v) is 14.0. The average molecular weight is 635 g/mol. The van der Waals surface area contributed by atoms with Crippen molar-refractivity contribution in [2.75, 3.05) is 13.1 Å². The van der Waals surface area contributed by atoms with Crippen LogP contribution in [0.5, 0.6) is 0 Å². The molecule has 2 saturated heterocycles. The van der Waals surface area contributed by atoms with Crippen LogP contribution < -0.4 is 5.32 Å². The maximum atomic E-state index is 14.0. The van der Waals surface area contributed by atoms with Gasteiger partial charge in [0, 0.05) is 41.3 Å². The van der Waals surface area contributed by atoms with Gasteiger partial charge in [-0.15, -0.1) is 0 Å². The number of fused-ring (bicyclic) bond motifs is 3. The Balaban J connectivity index is 1.28. The van der Waals surface area contributed by atoms with Crippen LogP contribution >= 0.6 is 0 Å². The molecule has 1 saturated carbocycles. The summed E-state index contributed by atoms with van der Waals surface area (Å²) in [5.41, 5.74) is -3.03. The lowest BCUT2D eigenvalue weighted by atomic mass is 10.0. The third-order valence-electron chi connectivity index (χ3n) is 9.19. The summed E-state index contributed by atoms with van der Waals surface area (Å²) in [5.74, 6) is -5.75. The first-order chi connectivity index (χ1) is 21.1. The summed E-state index contributed by atoms with van der Waals surface area (Å²) in [6, 6.07) is 5.22. The zero-order valence-electron chi connectivity index (χ0n) is 23.7. The zero-order valence-corrected chi connectivity index (χ0v) is 23.7. The maximum absolute atomic E-state index is 14.0. The number of benzene rings is 1. The van der Waals surface area contributed by atoms with Crippen molar-refractivity contribution < 1.29 is 45.5 Å². The number of amides is 2. The summed E-state index contributed by atoms with van der Waals surface area (Å²) in [4.78, 5) is 43.4. The predicted octanol–water partition coefficient (Wildman–Crippen LogP) is 4.27. The summed E-state index contributed by atoms with van der Waals surface area (Å²) >= 11 is 0. The Morgan fingerprint density at radius 1 is 1.13 bits per heavy atom. The van der Waals surface area contributed by atoms with Crippen molar-refractivity contribution in [3.8, 4) is 11.3 Å². The average Bonchev–Trinajstić information content (AvgIpc) is 3.60. The summed E-state index contributed by atoms with van der Waals surface area (Å²) in [7, 11) is 0. The van der Waals surface area contributed by atoms with Crippen molar-refractivity contribution in [3.05, 3.63) is 54.1 Å². The minimum absolute atomic E-state index is 0.000153. The molecule has 45 heavy (non-hydrogen) atoms. The van der Waals surface area contributed by atoms with E-state index in [9.17, 15) is 40.7 Å². The van der Waals surface area contributed by atoms with E-state index in [-0.39, 0.29) is 22.8 Å². The number of esters is 1. The first-order valence-electron chi connectivity index (χ1n) is 14.0. The number of rotatable bonds is 5. The maximum Gasteiger partial charge on any atom is 0.490 e. The van der Waals surface area contributed by atoms with Crippen LogP contribution in [0.3, 0.4) is 0 Å². The van der Waals surface area contributed by atoms with Gasteiger partial charge in [-0.2, -0.15) is 31.4 Å². The number of halogens is 6. The third kappa shape index (κ3) is 4.17. The van der Waals surface area contributed by atoms with Gasteiger partial charge in [-0.1, -0.05) is 13.8 Å². The number of carbonyl (C=O) groups excluding carboxylic acids is 3. The van der Waals surface area contributed by atoms with E-state index in [1.165, 1.54) is 30.6 Å². The largest absolute Gasteiger partial charge is 0.490 e. The fraction of sp³-hybridized carbons (Fsp3) is 0.414. The molecule has 0 bridgehead atoms. The number of likely N-dealkylation sites (tertiary alicyclic amines) is 1. The number of aromatic nitrogens is 4. The van der Waals surface area contributed by atoms with Crippen molar-refractivity contribution in [1.82, 2.24) is 29.4 Å². The van der Waals surface area contributed by atoms with E-state index in [1.54, 1.807) is 12.3 Å². The number of piperidine rings is 1. The molecule has 3 aliphatic rings. The lowest BCUT2D eigenvalue weighted by Gasteiger charge is -2.24. The second-order valence-corrected chi connectivity index (χ2v) is 12.1. The highest BCUT2D eigenvalue weighted by atomic mass is 19.4. The van der Waals surface area contributed by atoms with Gasteiger partial charge >= 0.3 is 18.3 Å². The molecule has 2 aliphatic heterocycles. The summed E-state index contributed by atoms with van der Waals surface area (Å²) in [5, 5.41) is 7.77. The van der Waals surface area contributed by atoms with Gasteiger partial charge in [-0.3, -0.25) is 14.5 Å².